The third kappa shape index (κ3) is 3.00. The van der Waals surface area contributed by atoms with Gasteiger partial charge in [-0.25, -0.2) is 0 Å². The lowest BCUT2D eigenvalue weighted by atomic mass is 9.88. The van der Waals surface area contributed by atoms with Crippen molar-refractivity contribution < 1.29 is 4.74 Å². The molecule has 1 saturated carbocycles. The zero-order valence-electron chi connectivity index (χ0n) is 11.1. The summed E-state index contributed by atoms with van der Waals surface area (Å²) < 4.78 is 6.05. The van der Waals surface area contributed by atoms with Gasteiger partial charge in [-0.15, -0.1) is 0 Å². The summed E-state index contributed by atoms with van der Waals surface area (Å²) in [6.45, 7) is 3.79. The van der Waals surface area contributed by atoms with Crippen LogP contribution in [0.15, 0.2) is 0 Å². The summed E-state index contributed by atoms with van der Waals surface area (Å²) in [4.78, 5) is 2.37. The second-order valence-electron chi connectivity index (χ2n) is 5.85. The van der Waals surface area contributed by atoms with Crippen molar-refractivity contribution in [3.05, 3.63) is 0 Å². The highest BCUT2D eigenvalue weighted by Crippen LogP contribution is 2.41. The second kappa shape index (κ2) is 5.37. The first kappa shape index (κ1) is 12.9. The van der Waals surface area contributed by atoms with Crippen LogP contribution in [-0.4, -0.2) is 36.7 Å². The van der Waals surface area contributed by atoms with E-state index in [9.17, 15) is 0 Å². The second-order valence-corrected chi connectivity index (χ2v) is 5.85. The van der Waals surface area contributed by atoms with Gasteiger partial charge in [0.1, 0.15) is 0 Å². The van der Waals surface area contributed by atoms with Crippen LogP contribution in [0.1, 0.15) is 45.4 Å². The van der Waals surface area contributed by atoms with Crippen molar-refractivity contribution in [2.75, 3.05) is 20.2 Å². The van der Waals surface area contributed by atoms with Crippen molar-refractivity contribution in [3.63, 3.8) is 0 Å². The highest BCUT2D eigenvalue weighted by atomic mass is 16.5. The summed E-state index contributed by atoms with van der Waals surface area (Å²) in [5.74, 6) is 0.127. The maximum atomic E-state index is 8.89. The maximum Gasteiger partial charge on any atom is 0.0697 e. The molecule has 0 N–H and O–H groups in total. The predicted octanol–water partition coefficient (Wildman–Crippen LogP) is 2.57. The minimum atomic E-state index is 0.127. The Morgan fingerprint density at radius 1 is 1.47 bits per heavy atom. The molecule has 0 amide bonds. The average Bonchev–Trinajstić information content (AvgIpc) is 2.77. The maximum absolute atomic E-state index is 8.89. The van der Waals surface area contributed by atoms with E-state index in [1.807, 2.05) is 6.92 Å². The topological polar surface area (TPSA) is 36.3 Å². The molecular weight excluding hydrogens is 212 g/mol. The molecule has 2 atom stereocenters. The molecule has 0 aromatic heterocycles. The van der Waals surface area contributed by atoms with Gasteiger partial charge in [-0.3, -0.25) is 0 Å². The largest absolute Gasteiger partial charge is 0.375 e. The third-order valence-corrected chi connectivity index (χ3v) is 4.39. The molecule has 96 valence electrons. The smallest absolute Gasteiger partial charge is 0.0697 e. The van der Waals surface area contributed by atoms with E-state index in [0.29, 0.717) is 6.04 Å². The number of ether oxygens (including phenoxy) is 1. The van der Waals surface area contributed by atoms with Crippen LogP contribution in [0.3, 0.4) is 0 Å². The van der Waals surface area contributed by atoms with E-state index in [-0.39, 0.29) is 11.5 Å². The van der Waals surface area contributed by atoms with E-state index in [2.05, 4.69) is 18.0 Å². The average molecular weight is 236 g/mol. The summed E-state index contributed by atoms with van der Waals surface area (Å²) in [6, 6.07) is 2.93. The Morgan fingerprint density at radius 3 is 2.82 bits per heavy atom. The normalized spacial score (nSPS) is 29.4. The Morgan fingerprint density at radius 2 is 2.18 bits per heavy atom. The highest BCUT2D eigenvalue weighted by molar-refractivity contribution is 4.94. The fraction of sp³-hybridized carbons (Fsp3) is 0.929. The number of nitriles is 1. The van der Waals surface area contributed by atoms with Gasteiger partial charge in [-0.05, 0) is 39.7 Å². The fourth-order valence-corrected chi connectivity index (χ4v) is 3.37. The number of hydrogen-bond acceptors (Lipinski definition) is 3. The number of nitrogens with zero attached hydrogens (tertiary/aromatic N) is 2. The number of rotatable bonds is 3. The molecule has 0 radical (unpaired) electrons. The van der Waals surface area contributed by atoms with Crippen molar-refractivity contribution in [1.82, 2.24) is 4.90 Å². The lowest BCUT2D eigenvalue weighted by Gasteiger charge is -2.42. The van der Waals surface area contributed by atoms with Gasteiger partial charge in [0.15, 0.2) is 0 Å². The monoisotopic (exact) mass is 236 g/mol. The molecule has 2 unspecified atom stereocenters. The zero-order valence-corrected chi connectivity index (χ0v) is 11.1. The van der Waals surface area contributed by atoms with Gasteiger partial charge in [-0.2, -0.15) is 5.26 Å². The summed E-state index contributed by atoms with van der Waals surface area (Å²) in [6.07, 6.45) is 7.42. The summed E-state index contributed by atoms with van der Waals surface area (Å²) in [5.41, 5.74) is 0.188. The van der Waals surface area contributed by atoms with Gasteiger partial charge in [-0.1, -0.05) is 12.8 Å². The first-order chi connectivity index (χ1) is 8.15. The molecule has 1 heterocycles. The van der Waals surface area contributed by atoms with Crippen molar-refractivity contribution in [1.29, 1.82) is 5.26 Å². The van der Waals surface area contributed by atoms with Crippen molar-refractivity contribution in [2.45, 2.75) is 57.1 Å². The summed E-state index contributed by atoms with van der Waals surface area (Å²) in [7, 11) is 2.16. The van der Waals surface area contributed by atoms with Crippen LogP contribution in [0.5, 0.6) is 0 Å². The zero-order chi connectivity index (χ0) is 12.3. The molecule has 3 heteroatoms. The first-order valence-electron chi connectivity index (χ1n) is 6.89. The molecule has 2 fully saturated rings. The van der Waals surface area contributed by atoms with Crippen LogP contribution < -0.4 is 0 Å². The van der Waals surface area contributed by atoms with Crippen molar-refractivity contribution in [2.24, 2.45) is 5.92 Å². The van der Waals surface area contributed by atoms with Crippen molar-refractivity contribution in [3.8, 4) is 6.07 Å². The van der Waals surface area contributed by atoms with Gasteiger partial charge >= 0.3 is 0 Å². The van der Waals surface area contributed by atoms with Crippen LogP contribution in [-0.2, 0) is 4.74 Å². The minimum Gasteiger partial charge on any atom is -0.375 e. The molecule has 2 aliphatic rings. The van der Waals surface area contributed by atoms with Gasteiger partial charge in [0, 0.05) is 19.2 Å². The molecule has 0 aromatic carbocycles. The van der Waals surface area contributed by atoms with Gasteiger partial charge in [0.25, 0.3) is 0 Å². The molecule has 1 spiro atoms. The lowest BCUT2D eigenvalue weighted by molar-refractivity contribution is -0.0993. The van der Waals surface area contributed by atoms with Gasteiger partial charge < -0.3 is 9.64 Å². The van der Waals surface area contributed by atoms with Crippen LogP contribution in [0.2, 0.25) is 0 Å². The Labute approximate surface area is 105 Å². The predicted molar refractivity (Wildman–Crippen MR) is 67.6 cm³/mol. The standard InChI is InChI=1S/C14H24N2O/c1-12(10-15)11-16(2)13-5-8-17-14(9-13)6-3-4-7-14/h12-13H,3-9,11H2,1-2H3. The Kier molecular flexibility index (Phi) is 4.06. The van der Waals surface area contributed by atoms with Crippen LogP contribution in [0.4, 0.5) is 0 Å². The molecule has 1 saturated heterocycles. The molecular formula is C14H24N2O. The van der Waals surface area contributed by atoms with E-state index < -0.39 is 0 Å². The van der Waals surface area contributed by atoms with Gasteiger partial charge in [0.05, 0.1) is 17.6 Å². The molecule has 1 aliphatic heterocycles. The molecule has 1 aliphatic carbocycles. The van der Waals surface area contributed by atoms with Crippen molar-refractivity contribution >= 4 is 0 Å². The van der Waals surface area contributed by atoms with E-state index in [4.69, 9.17) is 10.00 Å². The first-order valence-corrected chi connectivity index (χ1v) is 6.89. The van der Waals surface area contributed by atoms with Gasteiger partial charge in [0.2, 0.25) is 0 Å². The minimum absolute atomic E-state index is 0.127. The van der Waals surface area contributed by atoms with Crippen LogP contribution >= 0.6 is 0 Å². The molecule has 2 rings (SSSR count). The van der Waals surface area contributed by atoms with E-state index >= 15 is 0 Å². The molecule has 0 bridgehead atoms. The summed E-state index contributed by atoms with van der Waals surface area (Å²) in [5, 5.41) is 8.89. The quantitative estimate of drug-likeness (QED) is 0.755. The Balaban J connectivity index is 1.90. The summed E-state index contributed by atoms with van der Waals surface area (Å²) >= 11 is 0. The van der Waals surface area contributed by atoms with Crippen LogP contribution in [0.25, 0.3) is 0 Å². The Hall–Kier alpha value is -0.590. The van der Waals surface area contributed by atoms with E-state index in [1.54, 1.807) is 0 Å². The van der Waals surface area contributed by atoms with E-state index in [1.165, 1.54) is 32.1 Å². The molecule has 3 nitrogen and oxygen atoms in total. The van der Waals surface area contributed by atoms with E-state index in [0.717, 1.165) is 19.6 Å². The lowest BCUT2D eigenvalue weighted by Crippen LogP contribution is -2.47. The number of hydrogen-bond donors (Lipinski definition) is 0. The third-order valence-electron chi connectivity index (χ3n) is 4.39. The van der Waals surface area contributed by atoms with Crippen LogP contribution in [0, 0.1) is 17.2 Å². The Bertz CT molecular complexity index is 291. The molecule has 0 aromatic rings. The molecule has 17 heavy (non-hydrogen) atoms. The fourth-order valence-electron chi connectivity index (χ4n) is 3.37. The SMILES string of the molecule is CC(C#N)CN(C)C1CCOC2(CCCC2)C1. The highest BCUT2D eigenvalue weighted by Gasteiger charge is 2.40.